The zero-order chi connectivity index (χ0) is 11.9. The number of nitrogens with one attached hydrogen (secondary N) is 1. The van der Waals surface area contributed by atoms with Crippen LogP contribution in [0.15, 0.2) is 30.3 Å². The predicted octanol–water partition coefficient (Wildman–Crippen LogP) is 1.71. The topological polar surface area (TPSA) is 50.7 Å². The lowest BCUT2D eigenvalue weighted by molar-refractivity contribution is 0.151. The van der Waals surface area contributed by atoms with Gasteiger partial charge in [-0.25, -0.2) is 0 Å². The number of hydrogen-bond acceptors (Lipinski definition) is 4. The van der Waals surface area contributed by atoms with Crippen molar-refractivity contribution in [2.45, 2.75) is 12.5 Å². The summed E-state index contributed by atoms with van der Waals surface area (Å²) in [4.78, 5) is 9.79. The number of benzene rings is 1. The summed E-state index contributed by atoms with van der Waals surface area (Å²) in [5.41, 5.74) is 1.09. The highest BCUT2D eigenvalue weighted by molar-refractivity contribution is 6.59. The van der Waals surface area contributed by atoms with E-state index in [0.29, 0.717) is 6.04 Å². The minimum Gasteiger partial charge on any atom is -0.390 e. The minimum absolute atomic E-state index is 0.569. The van der Waals surface area contributed by atoms with Gasteiger partial charge >= 0.3 is 8.80 Å². The Morgan fingerprint density at radius 2 is 1.81 bits per heavy atom. The first-order chi connectivity index (χ1) is 7.70. The van der Waals surface area contributed by atoms with Crippen LogP contribution in [0.4, 0.5) is 5.69 Å². The molecule has 0 unspecified atom stereocenters. The van der Waals surface area contributed by atoms with Crippen molar-refractivity contribution in [1.29, 1.82) is 0 Å². The highest BCUT2D eigenvalue weighted by atomic mass is 28.4. The molecular weight excluding hydrogens is 222 g/mol. The van der Waals surface area contributed by atoms with Gasteiger partial charge in [-0.1, -0.05) is 18.2 Å². The lowest BCUT2D eigenvalue weighted by atomic mass is 10.3. The van der Waals surface area contributed by atoms with Gasteiger partial charge in [0.1, 0.15) is 0 Å². The lowest BCUT2D eigenvalue weighted by Gasteiger charge is -2.19. The first kappa shape index (κ1) is 13.2. The Balaban J connectivity index is 2.22. The van der Waals surface area contributed by atoms with Crippen molar-refractivity contribution in [3.8, 4) is 0 Å². The van der Waals surface area contributed by atoms with Crippen LogP contribution in [0.1, 0.15) is 6.42 Å². The molecule has 0 heterocycles. The highest BCUT2D eigenvalue weighted by Gasteiger charge is 2.33. The fourth-order valence-electron chi connectivity index (χ4n) is 1.39. The molecule has 0 saturated heterocycles. The molecule has 0 fully saturated rings. The van der Waals surface area contributed by atoms with Gasteiger partial charge in [0.05, 0.1) is 0 Å². The summed E-state index contributed by atoms with van der Waals surface area (Å²) in [6.07, 6.45) is 0.819. The van der Waals surface area contributed by atoms with Gasteiger partial charge in [-0.3, -0.25) is 0 Å². The van der Waals surface area contributed by atoms with Crippen LogP contribution in [0.3, 0.4) is 0 Å². The zero-order valence-corrected chi connectivity index (χ0v) is 10.8. The summed E-state index contributed by atoms with van der Waals surface area (Å²) in [7, 11) is 0.0974. The summed E-state index contributed by atoms with van der Waals surface area (Å²) >= 11 is 0. The standard InChI is InChI=1S/C11H19NO3Si/c1-14-16(13,15-2)10-6-9-12-11-7-4-3-5-8-11/h3-5,7-8,12-13H,6,9-10H2,1-2H3. The number of para-hydroxylation sites is 1. The van der Waals surface area contributed by atoms with Gasteiger partial charge in [0.2, 0.25) is 0 Å². The normalized spacial score (nSPS) is 11.4. The quantitative estimate of drug-likeness (QED) is 0.563. The molecule has 1 aromatic carbocycles. The van der Waals surface area contributed by atoms with E-state index in [-0.39, 0.29) is 0 Å². The van der Waals surface area contributed by atoms with E-state index < -0.39 is 8.80 Å². The van der Waals surface area contributed by atoms with Crippen molar-refractivity contribution >= 4 is 14.5 Å². The maximum Gasteiger partial charge on any atom is 0.497 e. The second-order valence-corrected chi connectivity index (χ2v) is 6.26. The van der Waals surface area contributed by atoms with Gasteiger partial charge in [0, 0.05) is 32.5 Å². The van der Waals surface area contributed by atoms with Gasteiger partial charge < -0.3 is 19.0 Å². The van der Waals surface area contributed by atoms with Crippen LogP contribution in [0.5, 0.6) is 0 Å². The van der Waals surface area contributed by atoms with Gasteiger partial charge in [0.25, 0.3) is 0 Å². The average Bonchev–Trinajstić information content (AvgIpc) is 2.36. The Morgan fingerprint density at radius 1 is 1.19 bits per heavy atom. The van der Waals surface area contributed by atoms with Crippen molar-refractivity contribution in [3.63, 3.8) is 0 Å². The van der Waals surface area contributed by atoms with E-state index in [9.17, 15) is 4.80 Å². The molecule has 0 aliphatic heterocycles. The van der Waals surface area contributed by atoms with Crippen LogP contribution in [0.2, 0.25) is 6.04 Å². The third-order valence-electron chi connectivity index (χ3n) is 2.41. The van der Waals surface area contributed by atoms with Gasteiger partial charge in [-0.05, 0) is 18.6 Å². The molecule has 0 atom stereocenters. The molecule has 1 aromatic rings. The third-order valence-corrected chi connectivity index (χ3v) is 4.67. The van der Waals surface area contributed by atoms with Crippen LogP contribution in [-0.4, -0.2) is 34.4 Å². The Hall–Kier alpha value is -0.883. The second kappa shape index (κ2) is 6.65. The van der Waals surface area contributed by atoms with Crippen LogP contribution in [0.25, 0.3) is 0 Å². The second-order valence-electron chi connectivity index (χ2n) is 3.52. The fraction of sp³-hybridized carbons (Fsp3) is 0.455. The monoisotopic (exact) mass is 241 g/mol. The molecule has 16 heavy (non-hydrogen) atoms. The molecule has 0 radical (unpaired) electrons. The molecule has 0 spiro atoms. The smallest absolute Gasteiger partial charge is 0.390 e. The zero-order valence-electron chi connectivity index (χ0n) is 9.77. The van der Waals surface area contributed by atoms with E-state index in [2.05, 4.69) is 5.32 Å². The van der Waals surface area contributed by atoms with Gasteiger partial charge in [-0.15, -0.1) is 0 Å². The Morgan fingerprint density at radius 3 is 2.38 bits per heavy atom. The molecule has 0 aromatic heterocycles. The largest absolute Gasteiger partial charge is 0.497 e. The van der Waals surface area contributed by atoms with Crippen LogP contribution in [0, 0.1) is 0 Å². The number of hydrogen-bond donors (Lipinski definition) is 2. The molecule has 2 N–H and O–H groups in total. The first-order valence-corrected chi connectivity index (χ1v) is 7.29. The van der Waals surface area contributed by atoms with Gasteiger partial charge in [0.15, 0.2) is 0 Å². The molecule has 4 nitrogen and oxygen atoms in total. The maximum absolute atomic E-state index is 9.79. The first-order valence-electron chi connectivity index (χ1n) is 5.32. The summed E-state index contributed by atoms with van der Waals surface area (Å²) < 4.78 is 9.97. The molecule has 0 aliphatic carbocycles. The van der Waals surface area contributed by atoms with E-state index in [1.54, 1.807) is 0 Å². The van der Waals surface area contributed by atoms with Gasteiger partial charge in [-0.2, -0.15) is 0 Å². The summed E-state index contributed by atoms with van der Waals surface area (Å²) in [5.74, 6) is 0. The molecule has 1 rings (SSSR count). The van der Waals surface area contributed by atoms with E-state index >= 15 is 0 Å². The molecule has 5 heteroatoms. The van der Waals surface area contributed by atoms with E-state index in [4.69, 9.17) is 8.85 Å². The van der Waals surface area contributed by atoms with Crippen molar-refractivity contribution in [2.24, 2.45) is 0 Å². The molecular formula is C11H19NO3Si. The molecule has 0 amide bonds. The number of anilines is 1. The SMILES string of the molecule is CO[Si](O)(CCCNc1ccccc1)OC. The van der Waals surface area contributed by atoms with Crippen LogP contribution >= 0.6 is 0 Å². The van der Waals surface area contributed by atoms with E-state index in [0.717, 1.165) is 18.7 Å². The van der Waals surface area contributed by atoms with Crippen molar-refractivity contribution < 1.29 is 13.6 Å². The van der Waals surface area contributed by atoms with Crippen LogP contribution in [-0.2, 0) is 8.85 Å². The Bertz CT molecular complexity index is 291. The summed E-state index contributed by atoms with van der Waals surface area (Å²) in [5, 5.41) is 3.27. The maximum atomic E-state index is 9.79. The highest BCUT2D eigenvalue weighted by Crippen LogP contribution is 2.11. The Kier molecular flexibility index (Phi) is 5.48. The molecule has 0 aliphatic rings. The molecule has 90 valence electrons. The summed E-state index contributed by atoms with van der Waals surface area (Å²) in [6.45, 7) is 0.798. The summed E-state index contributed by atoms with van der Waals surface area (Å²) in [6, 6.07) is 10.5. The van der Waals surface area contributed by atoms with E-state index in [1.807, 2.05) is 30.3 Å². The third kappa shape index (κ3) is 4.32. The van der Waals surface area contributed by atoms with E-state index in [1.165, 1.54) is 14.2 Å². The van der Waals surface area contributed by atoms with Crippen molar-refractivity contribution in [1.82, 2.24) is 0 Å². The van der Waals surface area contributed by atoms with Crippen LogP contribution < -0.4 is 5.32 Å². The fourth-order valence-corrected chi connectivity index (χ4v) is 2.59. The molecule has 0 saturated carbocycles. The average molecular weight is 241 g/mol. The van der Waals surface area contributed by atoms with Crippen molar-refractivity contribution in [3.05, 3.63) is 30.3 Å². The Labute approximate surface area is 97.6 Å². The number of rotatable bonds is 7. The lowest BCUT2D eigenvalue weighted by Crippen LogP contribution is -2.40. The molecule has 0 bridgehead atoms. The van der Waals surface area contributed by atoms with Crippen molar-refractivity contribution in [2.75, 3.05) is 26.1 Å². The minimum atomic E-state index is -2.88. The predicted molar refractivity (Wildman–Crippen MR) is 66.3 cm³/mol.